The fourth-order valence-electron chi connectivity index (χ4n) is 2.99. The second-order valence-electron chi connectivity index (χ2n) is 6.43. The molecule has 1 fully saturated rings. The van der Waals surface area contributed by atoms with Crippen LogP contribution in [0.25, 0.3) is 0 Å². The van der Waals surface area contributed by atoms with E-state index in [1.54, 1.807) is 0 Å². The van der Waals surface area contributed by atoms with Gasteiger partial charge >= 0.3 is 0 Å². The number of hydrogen-bond donors (Lipinski definition) is 1. The van der Waals surface area contributed by atoms with E-state index in [-0.39, 0.29) is 12.0 Å². The van der Waals surface area contributed by atoms with E-state index in [2.05, 4.69) is 37.7 Å². The summed E-state index contributed by atoms with van der Waals surface area (Å²) in [5.74, 6) is 1.57. The minimum Gasteiger partial charge on any atom is -0.369 e. The molecule has 8 heteroatoms. The summed E-state index contributed by atoms with van der Waals surface area (Å²) in [6.07, 6.45) is 0. The minimum atomic E-state index is 0.0884. The first-order chi connectivity index (χ1) is 11.9. The van der Waals surface area contributed by atoms with E-state index in [1.807, 2.05) is 37.2 Å². The molecule has 1 atom stereocenters. The third-order valence-electron chi connectivity index (χ3n) is 4.47. The van der Waals surface area contributed by atoms with Crippen LogP contribution in [0.5, 0.6) is 0 Å². The summed E-state index contributed by atoms with van der Waals surface area (Å²) in [4.78, 5) is 19.6. The zero-order valence-corrected chi connectivity index (χ0v) is 15.6. The molecule has 25 heavy (non-hydrogen) atoms. The summed E-state index contributed by atoms with van der Waals surface area (Å²) in [5.41, 5.74) is 7.01. The Morgan fingerprint density at radius 3 is 2.48 bits per heavy atom. The van der Waals surface area contributed by atoms with Gasteiger partial charge in [-0.3, -0.25) is 4.90 Å². The van der Waals surface area contributed by atoms with E-state index in [0.717, 1.165) is 31.2 Å². The predicted molar refractivity (Wildman–Crippen MR) is 102 cm³/mol. The number of aromatic nitrogens is 3. The summed E-state index contributed by atoms with van der Waals surface area (Å²) >= 11 is 6.10. The van der Waals surface area contributed by atoms with E-state index in [4.69, 9.17) is 17.3 Å². The molecular weight excluding hydrogens is 338 g/mol. The van der Waals surface area contributed by atoms with Crippen LogP contribution in [0.2, 0.25) is 5.02 Å². The van der Waals surface area contributed by atoms with Gasteiger partial charge in [-0.1, -0.05) is 17.7 Å². The van der Waals surface area contributed by atoms with Crippen LogP contribution in [0.15, 0.2) is 24.3 Å². The van der Waals surface area contributed by atoms with Gasteiger partial charge < -0.3 is 15.5 Å². The number of anilines is 3. The number of nitrogens with zero attached hydrogens (tertiary/aromatic N) is 6. The Hall–Kier alpha value is -2.12. The van der Waals surface area contributed by atoms with Crippen molar-refractivity contribution in [2.45, 2.75) is 13.0 Å². The van der Waals surface area contributed by atoms with Gasteiger partial charge in [-0.2, -0.15) is 15.0 Å². The first kappa shape index (κ1) is 17.7. The molecule has 134 valence electrons. The van der Waals surface area contributed by atoms with Crippen molar-refractivity contribution in [3.8, 4) is 0 Å². The Labute approximate surface area is 153 Å². The van der Waals surface area contributed by atoms with Crippen molar-refractivity contribution >= 4 is 29.2 Å². The lowest BCUT2D eigenvalue weighted by Crippen LogP contribution is -2.47. The first-order valence-corrected chi connectivity index (χ1v) is 8.75. The van der Waals surface area contributed by atoms with Crippen LogP contribution >= 0.6 is 11.6 Å². The highest BCUT2D eigenvalue weighted by Gasteiger charge is 2.25. The molecule has 1 aromatic heterocycles. The molecule has 1 aliphatic heterocycles. The lowest BCUT2D eigenvalue weighted by atomic mass is 10.2. The van der Waals surface area contributed by atoms with Gasteiger partial charge in [-0.25, -0.2) is 0 Å². The van der Waals surface area contributed by atoms with Crippen LogP contribution in [-0.2, 0) is 0 Å². The van der Waals surface area contributed by atoms with Crippen molar-refractivity contribution in [1.29, 1.82) is 0 Å². The van der Waals surface area contributed by atoms with E-state index in [1.165, 1.54) is 5.69 Å². The summed E-state index contributed by atoms with van der Waals surface area (Å²) in [5, 5.41) is 0.769. The monoisotopic (exact) mass is 361 g/mol. The molecule has 0 radical (unpaired) electrons. The third kappa shape index (κ3) is 4.11. The summed E-state index contributed by atoms with van der Waals surface area (Å²) in [7, 11) is 3.79. The number of halogens is 1. The second-order valence-corrected chi connectivity index (χ2v) is 6.86. The fourth-order valence-corrected chi connectivity index (χ4v) is 3.17. The smallest absolute Gasteiger partial charge is 0.229 e. The molecule has 0 aliphatic carbocycles. The van der Waals surface area contributed by atoms with Gasteiger partial charge in [-0.15, -0.1) is 0 Å². The lowest BCUT2D eigenvalue weighted by Gasteiger charge is -2.38. The lowest BCUT2D eigenvalue weighted by molar-refractivity contribution is 0.191. The Bertz CT molecular complexity index is 729. The van der Waals surface area contributed by atoms with Crippen LogP contribution in [0, 0.1) is 0 Å². The molecule has 1 unspecified atom stereocenters. The molecule has 1 aromatic carbocycles. The molecule has 2 aromatic rings. The molecule has 7 nitrogen and oxygen atoms in total. The summed E-state index contributed by atoms with van der Waals surface area (Å²) < 4.78 is 0. The van der Waals surface area contributed by atoms with E-state index < -0.39 is 0 Å². The van der Waals surface area contributed by atoms with Crippen molar-refractivity contribution in [2.75, 3.05) is 55.8 Å². The average Bonchev–Trinajstić information content (AvgIpc) is 2.60. The SMILES string of the molecule is CC(c1nc(N)nc(N(C)C)n1)N1CCN(c2cccc(Cl)c2)CC1. The van der Waals surface area contributed by atoms with Crippen molar-refractivity contribution in [3.63, 3.8) is 0 Å². The van der Waals surface area contributed by atoms with Gasteiger partial charge in [0.2, 0.25) is 11.9 Å². The number of nitrogen functional groups attached to an aromatic ring is 1. The molecule has 2 N–H and O–H groups in total. The zero-order chi connectivity index (χ0) is 18.0. The molecule has 2 heterocycles. The molecule has 0 bridgehead atoms. The van der Waals surface area contributed by atoms with Crippen molar-refractivity contribution in [1.82, 2.24) is 19.9 Å². The van der Waals surface area contributed by atoms with E-state index in [0.29, 0.717) is 11.8 Å². The molecular formula is C17H24ClN7. The Kier molecular flexibility index (Phi) is 5.24. The summed E-state index contributed by atoms with van der Waals surface area (Å²) in [6, 6.07) is 8.09. The molecule has 0 saturated carbocycles. The van der Waals surface area contributed by atoms with Crippen LogP contribution < -0.4 is 15.5 Å². The topological polar surface area (TPSA) is 74.4 Å². The van der Waals surface area contributed by atoms with Gasteiger partial charge in [0.15, 0.2) is 5.82 Å². The Morgan fingerprint density at radius 2 is 1.84 bits per heavy atom. The van der Waals surface area contributed by atoms with E-state index >= 15 is 0 Å². The first-order valence-electron chi connectivity index (χ1n) is 8.37. The summed E-state index contributed by atoms with van der Waals surface area (Å²) in [6.45, 7) is 5.84. The zero-order valence-electron chi connectivity index (χ0n) is 14.9. The average molecular weight is 362 g/mol. The van der Waals surface area contributed by atoms with Crippen LogP contribution in [-0.4, -0.2) is 60.1 Å². The van der Waals surface area contributed by atoms with Crippen LogP contribution in [0.1, 0.15) is 18.8 Å². The van der Waals surface area contributed by atoms with Gasteiger partial charge in [0.25, 0.3) is 0 Å². The second kappa shape index (κ2) is 7.41. The third-order valence-corrected chi connectivity index (χ3v) is 4.70. The number of hydrogen-bond acceptors (Lipinski definition) is 7. The molecule has 1 aliphatic rings. The van der Waals surface area contributed by atoms with Gasteiger partial charge in [0, 0.05) is 51.0 Å². The Balaban J connectivity index is 1.68. The highest BCUT2D eigenvalue weighted by atomic mass is 35.5. The maximum Gasteiger partial charge on any atom is 0.229 e. The van der Waals surface area contributed by atoms with E-state index in [9.17, 15) is 0 Å². The predicted octanol–water partition coefficient (Wildman–Crippen LogP) is 2.06. The minimum absolute atomic E-state index is 0.0884. The number of benzene rings is 1. The van der Waals surface area contributed by atoms with Crippen LogP contribution in [0.3, 0.4) is 0 Å². The quantitative estimate of drug-likeness (QED) is 0.893. The van der Waals surface area contributed by atoms with Crippen molar-refractivity contribution in [2.24, 2.45) is 0 Å². The standard InChI is InChI=1S/C17H24ClN7/c1-12(15-20-16(19)22-17(21-15)23(2)3)24-7-9-25(10-8-24)14-6-4-5-13(18)11-14/h4-6,11-12H,7-10H2,1-3H3,(H2,19,20,21,22). The van der Waals surface area contributed by atoms with Gasteiger partial charge in [-0.05, 0) is 25.1 Å². The largest absolute Gasteiger partial charge is 0.369 e. The molecule has 0 spiro atoms. The highest BCUT2D eigenvalue weighted by molar-refractivity contribution is 6.30. The molecule has 3 rings (SSSR count). The van der Waals surface area contributed by atoms with Crippen LogP contribution in [0.4, 0.5) is 17.6 Å². The maximum atomic E-state index is 6.10. The fraction of sp³-hybridized carbons (Fsp3) is 0.471. The Morgan fingerprint density at radius 1 is 1.12 bits per heavy atom. The number of nitrogens with two attached hydrogens (primary N) is 1. The number of piperazine rings is 1. The highest BCUT2D eigenvalue weighted by Crippen LogP contribution is 2.24. The number of rotatable bonds is 4. The van der Waals surface area contributed by atoms with Gasteiger partial charge in [0.1, 0.15) is 0 Å². The normalized spacial score (nSPS) is 16.7. The molecule has 0 amide bonds. The van der Waals surface area contributed by atoms with Gasteiger partial charge in [0.05, 0.1) is 6.04 Å². The van der Waals surface area contributed by atoms with Crippen molar-refractivity contribution in [3.05, 3.63) is 35.1 Å². The van der Waals surface area contributed by atoms with Crippen molar-refractivity contribution < 1.29 is 0 Å². The molecule has 1 saturated heterocycles. The maximum absolute atomic E-state index is 6.10.